The van der Waals surface area contributed by atoms with Crippen molar-refractivity contribution >= 4 is 11.9 Å². The van der Waals surface area contributed by atoms with Gasteiger partial charge in [-0.05, 0) is 20.8 Å². The number of carboxylic acid groups (broad SMARTS) is 1. The minimum atomic E-state index is -1.00. The Labute approximate surface area is 119 Å². The maximum atomic E-state index is 11.3. The zero-order valence-electron chi connectivity index (χ0n) is 12.3. The standard InChI is InChI=1S/C13H24O7/c1-13(2,3)20-12(16)4-5-17-6-7-18-8-9-19-10-11(14)15/h4-10H2,1-3H3,(H,14,15). The van der Waals surface area contributed by atoms with Gasteiger partial charge >= 0.3 is 11.9 Å². The third kappa shape index (κ3) is 14.9. The van der Waals surface area contributed by atoms with Crippen LogP contribution < -0.4 is 0 Å². The van der Waals surface area contributed by atoms with Gasteiger partial charge in [0.25, 0.3) is 0 Å². The number of carboxylic acids is 1. The molecule has 1 N–H and O–H groups in total. The molecule has 118 valence electrons. The minimum Gasteiger partial charge on any atom is -0.480 e. The average Bonchev–Trinajstić information content (AvgIpc) is 2.28. The lowest BCUT2D eigenvalue weighted by molar-refractivity contribution is -0.156. The first-order valence-corrected chi connectivity index (χ1v) is 6.48. The highest BCUT2D eigenvalue weighted by Crippen LogP contribution is 2.07. The van der Waals surface area contributed by atoms with Gasteiger partial charge in [-0.2, -0.15) is 0 Å². The van der Waals surface area contributed by atoms with Crippen LogP contribution in [0.5, 0.6) is 0 Å². The summed E-state index contributed by atoms with van der Waals surface area (Å²) in [6.45, 7) is 6.66. The molecule has 0 heterocycles. The maximum absolute atomic E-state index is 11.3. The molecule has 0 bridgehead atoms. The second kappa shape index (κ2) is 10.6. The average molecular weight is 292 g/mol. The Morgan fingerprint density at radius 2 is 1.40 bits per heavy atom. The van der Waals surface area contributed by atoms with Crippen LogP contribution in [0.3, 0.4) is 0 Å². The Balaban J connectivity index is 3.25. The van der Waals surface area contributed by atoms with Crippen molar-refractivity contribution in [2.24, 2.45) is 0 Å². The van der Waals surface area contributed by atoms with Gasteiger partial charge in [-0.1, -0.05) is 0 Å². The predicted molar refractivity (Wildman–Crippen MR) is 70.6 cm³/mol. The summed E-state index contributed by atoms with van der Waals surface area (Å²) in [6.07, 6.45) is 0.207. The van der Waals surface area contributed by atoms with Gasteiger partial charge < -0.3 is 24.1 Å². The van der Waals surface area contributed by atoms with E-state index in [0.717, 1.165) is 0 Å². The lowest BCUT2D eigenvalue weighted by Crippen LogP contribution is -2.24. The van der Waals surface area contributed by atoms with Crippen molar-refractivity contribution < 1.29 is 33.6 Å². The van der Waals surface area contributed by atoms with Crippen molar-refractivity contribution in [3.8, 4) is 0 Å². The largest absolute Gasteiger partial charge is 0.480 e. The summed E-state index contributed by atoms with van der Waals surface area (Å²) in [5.74, 6) is -1.30. The topological polar surface area (TPSA) is 91.3 Å². The van der Waals surface area contributed by atoms with E-state index >= 15 is 0 Å². The molecule has 0 radical (unpaired) electrons. The van der Waals surface area contributed by atoms with E-state index in [1.807, 2.05) is 20.8 Å². The number of ether oxygens (including phenoxy) is 4. The molecule has 0 unspecified atom stereocenters. The monoisotopic (exact) mass is 292 g/mol. The number of hydrogen-bond acceptors (Lipinski definition) is 6. The molecule has 0 aromatic carbocycles. The van der Waals surface area contributed by atoms with E-state index in [-0.39, 0.29) is 32.2 Å². The van der Waals surface area contributed by atoms with Gasteiger partial charge in [0.15, 0.2) is 0 Å². The molecule has 0 rings (SSSR count). The van der Waals surface area contributed by atoms with E-state index in [1.165, 1.54) is 0 Å². The summed E-state index contributed by atoms with van der Waals surface area (Å²) < 4.78 is 20.2. The highest BCUT2D eigenvalue weighted by atomic mass is 16.6. The molecule has 20 heavy (non-hydrogen) atoms. The van der Waals surface area contributed by atoms with Crippen LogP contribution in [0.1, 0.15) is 27.2 Å². The number of esters is 1. The third-order valence-electron chi connectivity index (χ3n) is 1.84. The smallest absolute Gasteiger partial charge is 0.329 e. The molecule has 0 saturated carbocycles. The molecule has 0 amide bonds. The molecule has 0 fully saturated rings. The molecule has 0 aliphatic rings. The second-order valence-corrected chi connectivity index (χ2v) is 5.01. The number of rotatable bonds is 11. The number of carbonyl (C=O) groups is 2. The van der Waals surface area contributed by atoms with Crippen molar-refractivity contribution in [1.29, 1.82) is 0 Å². The van der Waals surface area contributed by atoms with Crippen LogP contribution in [0.25, 0.3) is 0 Å². The van der Waals surface area contributed by atoms with Crippen LogP contribution in [-0.4, -0.2) is 62.3 Å². The van der Waals surface area contributed by atoms with E-state index in [0.29, 0.717) is 19.8 Å². The van der Waals surface area contributed by atoms with Gasteiger partial charge in [0.2, 0.25) is 0 Å². The van der Waals surface area contributed by atoms with Gasteiger partial charge in [-0.25, -0.2) is 4.79 Å². The fourth-order valence-electron chi connectivity index (χ4n) is 1.15. The summed E-state index contributed by atoms with van der Waals surface area (Å²) in [6, 6.07) is 0. The lowest BCUT2D eigenvalue weighted by Gasteiger charge is -2.19. The molecular formula is C13H24O7. The van der Waals surface area contributed by atoms with Crippen LogP contribution in [0.4, 0.5) is 0 Å². The molecule has 0 saturated heterocycles. The van der Waals surface area contributed by atoms with E-state index in [1.54, 1.807) is 0 Å². The first-order valence-electron chi connectivity index (χ1n) is 6.48. The summed E-state index contributed by atoms with van der Waals surface area (Å²) in [4.78, 5) is 21.4. The van der Waals surface area contributed by atoms with Gasteiger partial charge in [0.1, 0.15) is 12.2 Å². The molecule has 0 aromatic heterocycles. The Morgan fingerprint density at radius 1 is 0.900 bits per heavy atom. The summed E-state index contributed by atoms with van der Waals surface area (Å²) in [5.41, 5.74) is -0.476. The Hall–Kier alpha value is -1.18. The molecule has 0 spiro atoms. The molecule has 0 atom stereocenters. The van der Waals surface area contributed by atoms with Crippen molar-refractivity contribution in [3.63, 3.8) is 0 Å². The second-order valence-electron chi connectivity index (χ2n) is 5.01. The van der Waals surface area contributed by atoms with Crippen LogP contribution in [0.2, 0.25) is 0 Å². The van der Waals surface area contributed by atoms with Crippen LogP contribution in [0.15, 0.2) is 0 Å². The first-order chi connectivity index (χ1) is 9.31. The van der Waals surface area contributed by atoms with Crippen LogP contribution in [-0.2, 0) is 28.5 Å². The predicted octanol–water partition coefficient (Wildman–Crippen LogP) is 0.853. The molecular weight excluding hydrogens is 268 g/mol. The van der Waals surface area contributed by atoms with Gasteiger partial charge in [-0.15, -0.1) is 0 Å². The minimum absolute atomic E-state index is 0.207. The van der Waals surface area contributed by atoms with Crippen molar-refractivity contribution in [2.45, 2.75) is 32.8 Å². The highest BCUT2D eigenvalue weighted by Gasteiger charge is 2.15. The summed E-state index contributed by atoms with van der Waals surface area (Å²) in [7, 11) is 0. The first kappa shape index (κ1) is 18.8. The van der Waals surface area contributed by atoms with Gasteiger partial charge in [0, 0.05) is 0 Å². The quantitative estimate of drug-likeness (QED) is 0.446. The van der Waals surface area contributed by atoms with E-state index in [4.69, 9.17) is 24.1 Å². The molecule has 0 aromatic rings. The highest BCUT2D eigenvalue weighted by molar-refractivity contribution is 5.69. The Bertz CT molecular complexity index is 283. The van der Waals surface area contributed by atoms with Crippen molar-refractivity contribution in [2.75, 3.05) is 39.6 Å². The van der Waals surface area contributed by atoms with Gasteiger partial charge in [0.05, 0.1) is 39.5 Å². The molecule has 7 nitrogen and oxygen atoms in total. The summed E-state index contributed by atoms with van der Waals surface area (Å²) >= 11 is 0. The van der Waals surface area contributed by atoms with Crippen molar-refractivity contribution in [1.82, 2.24) is 0 Å². The molecule has 0 aliphatic carbocycles. The Morgan fingerprint density at radius 3 is 1.90 bits per heavy atom. The SMILES string of the molecule is CC(C)(C)OC(=O)CCOCCOCCOCC(=O)O. The third-order valence-corrected chi connectivity index (χ3v) is 1.84. The number of carbonyl (C=O) groups excluding carboxylic acids is 1. The van der Waals surface area contributed by atoms with Crippen molar-refractivity contribution in [3.05, 3.63) is 0 Å². The fraction of sp³-hybridized carbons (Fsp3) is 0.846. The summed E-state index contributed by atoms with van der Waals surface area (Å²) in [5, 5.41) is 8.31. The Kier molecular flexibility index (Phi) is 9.96. The van der Waals surface area contributed by atoms with E-state index < -0.39 is 11.6 Å². The van der Waals surface area contributed by atoms with Gasteiger partial charge in [-0.3, -0.25) is 4.79 Å². The van der Waals surface area contributed by atoms with E-state index in [2.05, 4.69) is 0 Å². The maximum Gasteiger partial charge on any atom is 0.329 e. The zero-order chi connectivity index (χ0) is 15.4. The van der Waals surface area contributed by atoms with E-state index in [9.17, 15) is 9.59 Å². The zero-order valence-corrected chi connectivity index (χ0v) is 12.3. The number of aliphatic carboxylic acids is 1. The molecule has 7 heteroatoms. The normalized spacial score (nSPS) is 11.3. The van der Waals surface area contributed by atoms with Crippen LogP contribution in [0, 0.1) is 0 Å². The fourth-order valence-corrected chi connectivity index (χ4v) is 1.15. The lowest BCUT2D eigenvalue weighted by atomic mass is 10.2. The number of hydrogen-bond donors (Lipinski definition) is 1. The molecule has 0 aliphatic heterocycles. The van der Waals surface area contributed by atoms with Crippen LogP contribution >= 0.6 is 0 Å².